The summed E-state index contributed by atoms with van der Waals surface area (Å²) in [6.07, 6.45) is 0. The van der Waals surface area contributed by atoms with Crippen molar-refractivity contribution in [2.24, 2.45) is 10.7 Å². The van der Waals surface area contributed by atoms with Crippen LogP contribution in [-0.2, 0) is 19.1 Å². The van der Waals surface area contributed by atoms with E-state index in [2.05, 4.69) is 10.3 Å². The van der Waals surface area contributed by atoms with Crippen molar-refractivity contribution in [3.05, 3.63) is 29.8 Å². The summed E-state index contributed by atoms with van der Waals surface area (Å²) in [5.41, 5.74) is 6.41. The predicted molar refractivity (Wildman–Crippen MR) is 115 cm³/mol. The number of fused-ring (bicyclic) bond motifs is 1. The number of nitrogens with zero attached hydrogens (tertiary/aromatic N) is 2. The number of aromatic hydroxyl groups is 1. The number of aliphatic carboxylic acids is 1. The number of aliphatic imine (C=N–C) groups is 1. The molecule has 3 heterocycles. The molecule has 4 atom stereocenters. The van der Waals surface area contributed by atoms with Gasteiger partial charge in [0.1, 0.15) is 35.9 Å². The number of carbonyl (C=O) groups is 3. The summed E-state index contributed by atoms with van der Waals surface area (Å²) in [6.45, 7) is 7.04. The second kappa shape index (κ2) is 8.75. The van der Waals surface area contributed by atoms with E-state index in [1.807, 2.05) is 6.92 Å². The van der Waals surface area contributed by atoms with Gasteiger partial charge >= 0.3 is 5.97 Å². The van der Waals surface area contributed by atoms with Crippen LogP contribution in [0.25, 0.3) is 0 Å². The Balaban J connectivity index is 0.000000391. The smallest absolute Gasteiger partial charge is 0.327 e. The summed E-state index contributed by atoms with van der Waals surface area (Å²) in [5.74, 6) is -1.11. The average molecular weight is 451 g/mol. The van der Waals surface area contributed by atoms with Gasteiger partial charge in [0.05, 0.1) is 6.54 Å². The third-order valence-electron chi connectivity index (χ3n) is 5.24. The van der Waals surface area contributed by atoms with Crippen LogP contribution in [0.2, 0.25) is 0 Å². The first kappa shape index (κ1) is 22.9. The lowest BCUT2D eigenvalue weighted by atomic mass is 9.95. The van der Waals surface area contributed by atoms with Crippen LogP contribution >= 0.6 is 11.8 Å². The van der Waals surface area contributed by atoms with E-state index >= 15 is 0 Å². The van der Waals surface area contributed by atoms with Gasteiger partial charge in [0, 0.05) is 11.7 Å². The van der Waals surface area contributed by atoms with Gasteiger partial charge < -0.3 is 30.9 Å². The van der Waals surface area contributed by atoms with Crippen molar-refractivity contribution in [1.82, 2.24) is 10.2 Å². The standard InChI is InChI=1S/C16H19N3O5S.C4H7NO/c1-16(2)11(15(23)24)19-13(22)10(14(19)25-16)18-12(21)9(17)7-3-5-8(20)6-4-7;1-4-5-2-3-6-4/h3-6,9-11,14,20H,17H2,1-2H3,(H,18,21)(H,23,24);2-3H2,1H3/t9-,10-,11+,14-;/m1./s1. The van der Waals surface area contributed by atoms with Gasteiger partial charge in [-0.1, -0.05) is 12.1 Å². The lowest BCUT2D eigenvalue weighted by Gasteiger charge is -2.43. The molecular formula is C20H26N4O6S. The van der Waals surface area contributed by atoms with E-state index in [-0.39, 0.29) is 5.75 Å². The predicted octanol–water partition coefficient (Wildman–Crippen LogP) is 0.459. The van der Waals surface area contributed by atoms with Gasteiger partial charge in [-0.05, 0) is 31.5 Å². The molecule has 10 nitrogen and oxygen atoms in total. The number of benzene rings is 1. The normalized spacial score (nSPS) is 26.5. The van der Waals surface area contributed by atoms with Crippen LogP contribution in [0.5, 0.6) is 5.75 Å². The zero-order valence-electron chi connectivity index (χ0n) is 17.4. The van der Waals surface area contributed by atoms with Gasteiger partial charge in [-0.15, -0.1) is 11.8 Å². The highest BCUT2D eigenvalue weighted by molar-refractivity contribution is 8.01. The van der Waals surface area contributed by atoms with Crippen LogP contribution in [0.3, 0.4) is 0 Å². The van der Waals surface area contributed by atoms with Gasteiger partial charge in [-0.3, -0.25) is 14.6 Å². The molecule has 1 aromatic rings. The molecule has 11 heteroatoms. The molecule has 0 aromatic heterocycles. The Morgan fingerprint density at radius 1 is 1.35 bits per heavy atom. The fourth-order valence-corrected chi connectivity index (χ4v) is 5.29. The number of β-lactam (4-membered cyclic amide) rings is 1. The summed E-state index contributed by atoms with van der Waals surface area (Å²) >= 11 is 1.35. The number of ether oxygens (including phenoxy) is 1. The molecule has 5 N–H and O–H groups in total. The molecule has 0 radical (unpaired) electrons. The molecule has 0 spiro atoms. The highest BCUT2D eigenvalue weighted by Gasteiger charge is 2.64. The van der Waals surface area contributed by atoms with E-state index < -0.39 is 46.0 Å². The molecule has 3 aliphatic rings. The topological polar surface area (TPSA) is 155 Å². The van der Waals surface area contributed by atoms with E-state index in [4.69, 9.17) is 10.5 Å². The first-order valence-corrected chi connectivity index (χ1v) is 10.6. The number of phenolic OH excluding ortho intramolecular Hbond substituents is 1. The fraction of sp³-hybridized carbons (Fsp3) is 0.500. The molecule has 1 aromatic carbocycles. The van der Waals surface area contributed by atoms with Crippen LogP contribution in [0.4, 0.5) is 0 Å². The Bertz CT molecular complexity index is 903. The average Bonchev–Trinajstić information content (AvgIpc) is 3.28. The third kappa shape index (κ3) is 4.62. The summed E-state index contributed by atoms with van der Waals surface area (Å²) in [6, 6.07) is 3.21. The Labute approximate surface area is 183 Å². The maximum absolute atomic E-state index is 12.3. The molecule has 2 saturated heterocycles. The molecule has 2 amide bonds. The van der Waals surface area contributed by atoms with Crippen LogP contribution < -0.4 is 11.1 Å². The molecule has 0 bridgehead atoms. The molecule has 0 unspecified atom stereocenters. The van der Waals surface area contributed by atoms with E-state index in [1.54, 1.807) is 13.8 Å². The Morgan fingerprint density at radius 2 is 2.00 bits per heavy atom. The quantitative estimate of drug-likeness (QED) is 0.482. The number of nitrogens with two attached hydrogens (primary N) is 1. The number of carbonyl (C=O) groups excluding carboxylic acids is 2. The highest BCUT2D eigenvalue weighted by atomic mass is 32.2. The molecule has 31 heavy (non-hydrogen) atoms. The van der Waals surface area contributed by atoms with E-state index in [1.165, 1.54) is 40.9 Å². The first-order chi connectivity index (χ1) is 14.5. The maximum Gasteiger partial charge on any atom is 0.327 e. The van der Waals surface area contributed by atoms with Crippen LogP contribution in [-0.4, -0.2) is 74.2 Å². The second-order valence-electron chi connectivity index (χ2n) is 7.90. The van der Waals surface area contributed by atoms with E-state index in [9.17, 15) is 24.6 Å². The van der Waals surface area contributed by atoms with Crippen LogP contribution in [0.15, 0.2) is 29.3 Å². The van der Waals surface area contributed by atoms with Gasteiger partial charge in [0.15, 0.2) is 5.90 Å². The molecule has 0 saturated carbocycles. The van der Waals surface area contributed by atoms with Gasteiger partial charge in [0.2, 0.25) is 11.8 Å². The number of carboxylic acid groups (broad SMARTS) is 1. The molecule has 2 fully saturated rings. The van der Waals surface area contributed by atoms with Crippen LogP contribution in [0, 0.1) is 0 Å². The zero-order valence-corrected chi connectivity index (χ0v) is 18.3. The van der Waals surface area contributed by atoms with Crippen molar-refractivity contribution < 1.29 is 29.3 Å². The fourth-order valence-electron chi connectivity index (χ4n) is 3.66. The van der Waals surface area contributed by atoms with Crippen molar-refractivity contribution in [3.63, 3.8) is 0 Å². The minimum absolute atomic E-state index is 0.0606. The molecule has 168 valence electrons. The van der Waals surface area contributed by atoms with Gasteiger partial charge in [0.25, 0.3) is 0 Å². The zero-order chi connectivity index (χ0) is 22.9. The number of hydrogen-bond donors (Lipinski definition) is 4. The van der Waals surface area contributed by atoms with Crippen molar-refractivity contribution in [2.45, 2.75) is 49.0 Å². The van der Waals surface area contributed by atoms with Crippen molar-refractivity contribution in [2.75, 3.05) is 13.2 Å². The van der Waals surface area contributed by atoms with Crippen molar-refractivity contribution >= 4 is 35.4 Å². The van der Waals surface area contributed by atoms with Crippen LogP contribution in [0.1, 0.15) is 32.4 Å². The second-order valence-corrected chi connectivity index (χ2v) is 9.67. The Morgan fingerprint density at radius 3 is 2.48 bits per heavy atom. The monoisotopic (exact) mass is 450 g/mol. The minimum Gasteiger partial charge on any atom is -0.508 e. The van der Waals surface area contributed by atoms with Crippen molar-refractivity contribution in [1.29, 1.82) is 0 Å². The number of amides is 2. The molecule has 4 rings (SSSR count). The highest BCUT2D eigenvalue weighted by Crippen LogP contribution is 2.50. The minimum atomic E-state index is -1.06. The third-order valence-corrected chi connectivity index (χ3v) is 6.82. The summed E-state index contributed by atoms with van der Waals surface area (Å²) in [5, 5.41) is 20.9. The molecular weight excluding hydrogens is 424 g/mol. The maximum atomic E-state index is 12.3. The van der Waals surface area contributed by atoms with E-state index in [0.29, 0.717) is 5.56 Å². The summed E-state index contributed by atoms with van der Waals surface area (Å²) < 4.78 is 4.25. The van der Waals surface area contributed by atoms with Gasteiger partial charge in [-0.25, -0.2) is 4.79 Å². The SMILES string of the molecule is CC1(C)S[C@@H]2[C@H](NC(=O)[C@H](N)c3ccc(O)cc3)C(=O)N2[C@H]1C(=O)O.CC1=NCCO1. The lowest BCUT2D eigenvalue weighted by Crippen LogP contribution is -2.71. The van der Waals surface area contributed by atoms with Gasteiger partial charge in [-0.2, -0.15) is 0 Å². The Kier molecular flexibility index (Phi) is 6.46. The van der Waals surface area contributed by atoms with E-state index in [0.717, 1.165) is 19.0 Å². The number of rotatable bonds is 4. The number of carboxylic acids is 1. The molecule has 3 aliphatic heterocycles. The first-order valence-electron chi connectivity index (χ1n) is 9.74. The number of thioether (sulfide) groups is 1. The number of hydrogen-bond acceptors (Lipinski definition) is 8. The molecule has 0 aliphatic carbocycles. The summed E-state index contributed by atoms with van der Waals surface area (Å²) in [7, 11) is 0. The lowest BCUT2D eigenvalue weighted by molar-refractivity contribution is -0.161. The number of phenols is 1. The largest absolute Gasteiger partial charge is 0.508 e. The number of nitrogens with one attached hydrogen (secondary N) is 1. The Hall–Kier alpha value is -2.79. The summed E-state index contributed by atoms with van der Waals surface area (Å²) in [4.78, 5) is 41.4. The van der Waals surface area contributed by atoms with Crippen molar-refractivity contribution in [3.8, 4) is 5.75 Å².